The molecule has 1 aromatic carbocycles. The molecule has 0 radical (unpaired) electrons. The quantitative estimate of drug-likeness (QED) is 0.846. The fraction of sp³-hybridized carbons (Fsp3) is 0.667. The van der Waals surface area contributed by atoms with E-state index in [4.69, 9.17) is 4.74 Å². The van der Waals surface area contributed by atoms with Crippen LogP contribution >= 0.6 is 11.8 Å². The van der Waals surface area contributed by atoms with E-state index in [1.807, 2.05) is 0 Å². The van der Waals surface area contributed by atoms with Gasteiger partial charge < -0.3 is 9.84 Å². The third-order valence-corrected chi connectivity index (χ3v) is 6.10. The van der Waals surface area contributed by atoms with Gasteiger partial charge in [-0.15, -0.1) is 11.8 Å². The lowest BCUT2D eigenvalue weighted by molar-refractivity contribution is -0.109. The maximum atomic E-state index is 10.6. The molecule has 1 saturated carbocycles. The highest BCUT2D eigenvalue weighted by Crippen LogP contribution is 2.43. The maximum absolute atomic E-state index is 10.6. The van der Waals surface area contributed by atoms with Crippen LogP contribution in [-0.2, 0) is 4.74 Å². The standard InChI is InChI=1S/C18H26O2S/c1-14-5-4-6-16(11-14)21-13-17(19)15-7-10-20-18(12-15)8-2-3-9-18/h4-6,11,15,17,19H,2-3,7-10,12-13H2,1H3. The highest BCUT2D eigenvalue weighted by molar-refractivity contribution is 7.99. The van der Waals surface area contributed by atoms with Gasteiger partial charge in [-0.3, -0.25) is 0 Å². The van der Waals surface area contributed by atoms with Crippen molar-refractivity contribution >= 4 is 11.8 Å². The molecule has 2 atom stereocenters. The summed E-state index contributed by atoms with van der Waals surface area (Å²) < 4.78 is 6.07. The van der Waals surface area contributed by atoms with E-state index in [1.54, 1.807) is 11.8 Å². The fourth-order valence-corrected chi connectivity index (χ4v) is 4.86. The Hall–Kier alpha value is -0.510. The summed E-state index contributed by atoms with van der Waals surface area (Å²) in [6.07, 6.45) is 6.83. The topological polar surface area (TPSA) is 29.5 Å². The van der Waals surface area contributed by atoms with E-state index in [2.05, 4.69) is 31.2 Å². The molecule has 1 aromatic rings. The number of benzene rings is 1. The molecule has 2 unspecified atom stereocenters. The van der Waals surface area contributed by atoms with E-state index in [9.17, 15) is 5.11 Å². The maximum Gasteiger partial charge on any atom is 0.0686 e. The Morgan fingerprint density at radius 2 is 2.19 bits per heavy atom. The third kappa shape index (κ3) is 3.82. The van der Waals surface area contributed by atoms with Gasteiger partial charge in [-0.25, -0.2) is 0 Å². The molecule has 2 nitrogen and oxygen atoms in total. The molecular weight excluding hydrogens is 280 g/mol. The molecule has 0 amide bonds. The highest BCUT2D eigenvalue weighted by Gasteiger charge is 2.41. The van der Waals surface area contributed by atoms with Gasteiger partial charge >= 0.3 is 0 Å². The smallest absolute Gasteiger partial charge is 0.0686 e. The molecular formula is C18H26O2S. The summed E-state index contributed by atoms with van der Waals surface area (Å²) in [6, 6.07) is 8.53. The molecule has 0 bridgehead atoms. The minimum Gasteiger partial charge on any atom is -0.392 e. The fourth-order valence-electron chi connectivity index (χ4n) is 3.78. The van der Waals surface area contributed by atoms with Crippen LogP contribution in [0.15, 0.2) is 29.2 Å². The van der Waals surface area contributed by atoms with Gasteiger partial charge in [0.25, 0.3) is 0 Å². The lowest BCUT2D eigenvalue weighted by Crippen LogP contribution is -2.41. The van der Waals surface area contributed by atoms with Crippen molar-refractivity contribution < 1.29 is 9.84 Å². The Balaban J connectivity index is 1.54. The molecule has 3 rings (SSSR count). The summed E-state index contributed by atoms with van der Waals surface area (Å²) >= 11 is 1.78. The zero-order valence-corrected chi connectivity index (χ0v) is 13.7. The van der Waals surface area contributed by atoms with Gasteiger partial charge in [-0.05, 0) is 50.7 Å². The average molecular weight is 306 g/mol. The summed E-state index contributed by atoms with van der Waals surface area (Å²) in [5, 5.41) is 10.6. The second-order valence-corrected chi connectivity index (χ2v) is 7.78. The van der Waals surface area contributed by atoms with Gasteiger partial charge in [0, 0.05) is 17.3 Å². The van der Waals surface area contributed by atoms with Gasteiger partial charge in [0.15, 0.2) is 0 Å². The number of hydrogen-bond acceptors (Lipinski definition) is 3. The molecule has 1 aliphatic carbocycles. The number of aliphatic hydroxyl groups excluding tert-OH is 1. The van der Waals surface area contributed by atoms with Crippen molar-refractivity contribution in [2.24, 2.45) is 5.92 Å². The number of rotatable bonds is 4. The van der Waals surface area contributed by atoms with Crippen LogP contribution in [0.3, 0.4) is 0 Å². The van der Waals surface area contributed by atoms with Crippen LogP contribution in [0.2, 0.25) is 0 Å². The van der Waals surface area contributed by atoms with Crippen LogP contribution in [0.1, 0.15) is 44.1 Å². The van der Waals surface area contributed by atoms with Crippen molar-refractivity contribution in [2.75, 3.05) is 12.4 Å². The Labute approximate surface area is 132 Å². The van der Waals surface area contributed by atoms with Gasteiger partial charge in [0.05, 0.1) is 11.7 Å². The van der Waals surface area contributed by atoms with E-state index in [0.717, 1.165) is 25.2 Å². The Morgan fingerprint density at radius 3 is 2.95 bits per heavy atom. The van der Waals surface area contributed by atoms with Crippen LogP contribution in [0.5, 0.6) is 0 Å². The minimum absolute atomic E-state index is 0.109. The van der Waals surface area contributed by atoms with Crippen molar-refractivity contribution in [1.29, 1.82) is 0 Å². The predicted molar refractivity (Wildman–Crippen MR) is 87.8 cm³/mol. The molecule has 21 heavy (non-hydrogen) atoms. The summed E-state index contributed by atoms with van der Waals surface area (Å²) in [5.74, 6) is 1.21. The molecule has 2 fully saturated rings. The van der Waals surface area contributed by atoms with Crippen molar-refractivity contribution in [1.82, 2.24) is 0 Å². The van der Waals surface area contributed by atoms with Gasteiger partial charge in [-0.2, -0.15) is 0 Å². The number of thioether (sulfide) groups is 1. The van der Waals surface area contributed by atoms with Crippen molar-refractivity contribution in [2.45, 2.75) is 62.0 Å². The third-order valence-electron chi connectivity index (χ3n) is 5.00. The van der Waals surface area contributed by atoms with Crippen LogP contribution in [-0.4, -0.2) is 29.2 Å². The summed E-state index contributed by atoms with van der Waals surface area (Å²) in [5.41, 5.74) is 1.39. The summed E-state index contributed by atoms with van der Waals surface area (Å²) in [6.45, 7) is 2.94. The van der Waals surface area contributed by atoms with E-state index in [0.29, 0.717) is 5.92 Å². The molecule has 0 aromatic heterocycles. The zero-order chi connectivity index (χ0) is 14.7. The molecule has 2 aliphatic rings. The van der Waals surface area contributed by atoms with Crippen LogP contribution in [0.25, 0.3) is 0 Å². The first-order valence-corrected chi connectivity index (χ1v) is 9.17. The Bertz CT molecular complexity index is 468. The van der Waals surface area contributed by atoms with E-state index in [-0.39, 0.29) is 11.7 Å². The first-order chi connectivity index (χ1) is 10.2. The minimum atomic E-state index is -0.211. The average Bonchev–Trinajstić information content (AvgIpc) is 2.93. The molecule has 1 saturated heterocycles. The second kappa shape index (κ2) is 6.72. The summed E-state index contributed by atoms with van der Waals surface area (Å²) in [4.78, 5) is 1.26. The lowest BCUT2D eigenvalue weighted by Gasteiger charge is -2.40. The van der Waals surface area contributed by atoms with Crippen molar-refractivity contribution in [3.8, 4) is 0 Å². The number of ether oxygens (including phenoxy) is 1. The molecule has 3 heteroatoms. The number of aliphatic hydroxyl groups is 1. The molecule has 1 aliphatic heterocycles. The SMILES string of the molecule is Cc1cccc(SCC(O)C2CCOC3(CCCC3)C2)c1. The van der Waals surface area contributed by atoms with E-state index < -0.39 is 0 Å². The van der Waals surface area contributed by atoms with Gasteiger partial charge in [0.2, 0.25) is 0 Å². The number of hydrogen-bond donors (Lipinski definition) is 1. The highest BCUT2D eigenvalue weighted by atomic mass is 32.2. The predicted octanol–water partition coefficient (Wildman–Crippen LogP) is 4.19. The lowest BCUT2D eigenvalue weighted by atomic mass is 9.82. The molecule has 1 heterocycles. The zero-order valence-electron chi connectivity index (χ0n) is 12.9. The van der Waals surface area contributed by atoms with Crippen LogP contribution in [0.4, 0.5) is 0 Å². The van der Waals surface area contributed by atoms with Gasteiger partial charge in [0.1, 0.15) is 0 Å². The summed E-state index contributed by atoms with van der Waals surface area (Å²) in [7, 11) is 0. The Morgan fingerprint density at radius 1 is 1.38 bits per heavy atom. The Kier molecular flexibility index (Phi) is 4.92. The molecule has 1 spiro atoms. The van der Waals surface area contributed by atoms with E-state index in [1.165, 1.54) is 36.1 Å². The first kappa shape index (κ1) is 15.4. The van der Waals surface area contributed by atoms with Gasteiger partial charge in [-0.1, -0.05) is 30.5 Å². The van der Waals surface area contributed by atoms with Crippen LogP contribution < -0.4 is 0 Å². The molecule has 1 N–H and O–H groups in total. The normalized spacial score (nSPS) is 26.1. The monoisotopic (exact) mass is 306 g/mol. The number of aryl methyl sites for hydroxylation is 1. The van der Waals surface area contributed by atoms with E-state index >= 15 is 0 Å². The second-order valence-electron chi connectivity index (χ2n) is 6.69. The van der Waals surface area contributed by atoms with Crippen molar-refractivity contribution in [3.05, 3.63) is 29.8 Å². The van der Waals surface area contributed by atoms with Crippen molar-refractivity contribution in [3.63, 3.8) is 0 Å². The largest absolute Gasteiger partial charge is 0.392 e. The molecule has 116 valence electrons. The first-order valence-electron chi connectivity index (χ1n) is 8.18. The van der Waals surface area contributed by atoms with Crippen LogP contribution in [0, 0.1) is 12.8 Å².